The molecule has 1 N–H and O–H groups in total. The van der Waals surface area contributed by atoms with Gasteiger partial charge in [-0.15, -0.1) is 0 Å². The van der Waals surface area contributed by atoms with E-state index in [4.69, 9.17) is 0 Å². The van der Waals surface area contributed by atoms with Gasteiger partial charge in [-0.1, -0.05) is 30.3 Å². The smallest absolute Gasteiger partial charge is 0.306 e. The Morgan fingerprint density at radius 2 is 2.05 bits per heavy atom. The molecule has 1 heterocycles. The van der Waals surface area contributed by atoms with Gasteiger partial charge in [0, 0.05) is 13.2 Å². The molecule has 19 heavy (non-hydrogen) atoms. The van der Waals surface area contributed by atoms with Crippen molar-refractivity contribution in [2.45, 2.75) is 19.3 Å². The zero-order valence-corrected chi connectivity index (χ0v) is 11.0. The summed E-state index contributed by atoms with van der Waals surface area (Å²) in [6, 6.07) is 9.76. The molecule has 0 aliphatic carbocycles. The lowest BCUT2D eigenvalue weighted by molar-refractivity contribution is -0.141. The first-order chi connectivity index (χ1) is 9.15. The highest BCUT2D eigenvalue weighted by Crippen LogP contribution is 2.15. The van der Waals surface area contributed by atoms with Crippen molar-refractivity contribution in [2.24, 2.45) is 13.0 Å². The third-order valence-electron chi connectivity index (χ3n) is 3.21. The van der Waals surface area contributed by atoms with Crippen LogP contribution in [0.15, 0.2) is 42.7 Å². The highest BCUT2D eigenvalue weighted by molar-refractivity contribution is 5.70. The van der Waals surface area contributed by atoms with Crippen molar-refractivity contribution in [1.29, 1.82) is 0 Å². The third kappa shape index (κ3) is 3.95. The molecule has 0 aliphatic rings. The van der Waals surface area contributed by atoms with Crippen molar-refractivity contribution >= 4 is 5.97 Å². The molecule has 4 nitrogen and oxygen atoms in total. The molecule has 4 heteroatoms. The number of hydrogen-bond acceptors (Lipinski definition) is 2. The maximum Gasteiger partial charge on any atom is 0.306 e. The van der Waals surface area contributed by atoms with Crippen LogP contribution in [0.25, 0.3) is 0 Å². The highest BCUT2D eigenvalue weighted by atomic mass is 16.4. The second-order valence-corrected chi connectivity index (χ2v) is 4.79. The Kier molecular flexibility index (Phi) is 4.34. The number of carbonyl (C=O) groups is 1. The van der Waals surface area contributed by atoms with Crippen molar-refractivity contribution in [3.8, 4) is 0 Å². The molecule has 0 amide bonds. The number of benzene rings is 1. The van der Waals surface area contributed by atoms with E-state index in [2.05, 4.69) is 5.10 Å². The maximum absolute atomic E-state index is 11.3. The summed E-state index contributed by atoms with van der Waals surface area (Å²) in [7, 11) is 1.86. The molecule has 1 aromatic heterocycles. The van der Waals surface area contributed by atoms with Crippen LogP contribution in [0, 0.1) is 5.92 Å². The number of aryl methyl sites for hydroxylation is 2. The van der Waals surface area contributed by atoms with E-state index in [0.29, 0.717) is 12.8 Å². The van der Waals surface area contributed by atoms with Crippen LogP contribution >= 0.6 is 0 Å². The fourth-order valence-electron chi connectivity index (χ4n) is 2.15. The molecule has 0 spiro atoms. The molecule has 2 aromatic rings. The van der Waals surface area contributed by atoms with Crippen LogP contribution < -0.4 is 0 Å². The van der Waals surface area contributed by atoms with Crippen LogP contribution in [0.2, 0.25) is 0 Å². The summed E-state index contributed by atoms with van der Waals surface area (Å²) in [5.74, 6) is -1.07. The number of hydrogen-bond donors (Lipinski definition) is 1. The molecule has 1 unspecified atom stereocenters. The molecule has 1 aromatic carbocycles. The van der Waals surface area contributed by atoms with E-state index >= 15 is 0 Å². The molecule has 0 saturated heterocycles. The fourth-order valence-corrected chi connectivity index (χ4v) is 2.15. The van der Waals surface area contributed by atoms with Crippen molar-refractivity contribution in [2.75, 3.05) is 0 Å². The fraction of sp³-hybridized carbons (Fsp3) is 0.333. The van der Waals surface area contributed by atoms with Crippen molar-refractivity contribution in [3.63, 3.8) is 0 Å². The first kappa shape index (κ1) is 13.3. The van der Waals surface area contributed by atoms with Gasteiger partial charge in [-0.3, -0.25) is 9.48 Å². The van der Waals surface area contributed by atoms with Gasteiger partial charge in [0.1, 0.15) is 0 Å². The Labute approximate surface area is 112 Å². The average Bonchev–Trinajstić information content (AvgIpc) is 2.81. The minimum Gasteiger partial charge on any atom is -0.481 e. The standard InChI is InChI=1S/C15H18N2O2/c1-17-11-13(10-16-17)7-8-14(15(18)19)9-12-5-3-2-4-6-12/h2-6,10-11,14H,7-9H2,1H3,(H,18,19). The first-order valence-electron chi connectivity index (χ1n) is 6.39. The number of aliphatic carboxylic acids is 1. The summed E-state index contributed by atoms with van der Waals surface area (Å²) in [5, 5.41) is 13.4. The summed E-state index contributed by atoms with van der Waals surface area (Å²) in [6.07, 6.45) is 5.69. The molecule has 2 rings (SSSR count). The van der Waals surface area contributed by atoms with E-state index in [1.165, 1.54) is 0 Å². The van der Waals surface area contributed by atoms with Gasteiger partial charge in [0.25, 0.3) is 0 Å². The third-order valence-corrected chi connectivity index (χ3v) is 3.21. The van der Waals surface area contributed by atoms with Crippen LogP contribution in [-0.2, 0) is 24.7 Å². The average molecular weight is 258 g/mol. The SMILES string of the molecule is Cn1cc(CCC(Cc2ccccc2)C(=O)O)cn1. The molecular weight excluding hydrogens is 240 g/mol. The first-order valence-corrected chi connectivity index (χ1v) is 6.39. The van der Waals surface area contributed by atoms with E-state index in [1.807, 2.05) is 43.6 Å². The summed E-state index contributed by atoms with van der Waals surface area (Å²) < 4.78 is 1.74. The van der Waals surface area contributed by atoms with Crippen molar-refractivity contribution in [3.05, 3.63) is 53.9 Å². The van der Waals surface area contributed by atoms with Gasteiger partial charge in [-0.25, -0.2) is 0 Å². The van der Waals surface area contributed by atoms with Gasteiger partial charge in [0.2, 0.25) is 0 Å². The largest absolute Gasteiger partial charge is 0.481 e. The monoisotopic (exact) mass is 258 g/mol. The normalized spacial score (nSPS) is 12.3. The van der Waals surface area contributed by atoms with Gasteiger partial charge in [-0.2, -0.15) is 5.10 Å². The summed E-state index contributed by atoms with van der Waals surface area (Å²) >= 11 is 0. The number of carboxylic acid groups (broad SMARTS) is 1. The quantitative estimate of drug-likeness (QED) is 0.865. The highest BCUT2D eigenvalue weighted by Gasteiger charge is 2.18. The molecule has 0 saturated carbocycles. The molecule has 0 radical (unpaired) electrons. The molecule has 0 bridgehead atoms. The Morgan fingerprint density at radius 3 is 2.63 bits per heavy atom. The van der Waals surface area contributed by atoms with E-state index in [0.717, 1.165) is 17.5 Å². The lowest BCUT2D eigenvalue weighted by Gasteiger charge is -2.11. The van der Waals surface area contributed by atoms with Crippen molar-refractivity contribution < 1.29 is 9.90 Å². The number of rotatable bonds is 6. The Bertz CT molecular complexity index is 534. The second kappa shape index (κ2) is 6.18. The zero-order chi connectivity index (χ0) is 13.7. The molecule has 100 valence electrons. The summed E-state index contributed by atoms with van der Waals surface area (Å²) in [4.78, 5) is 11.3. The van der Waals surface area contributed by atoms with Crippen LogP contribution in [0.4, 0.5) is 0 Å². The predicted molar refractivity (Wildman–Crippen MR) is 72.8 cm³/mol. The number of aromatic nitrogens is 2. The van der Waals surface area contributed by atoms with Gasteiger partial charge in [-0.05, 0) is 30.4 Å². The van der Waals surface area contributed by atoms with Crippen LogP contribution in [0.5, 0.6) is 0 Å². The number of nitrogens with zero attached hydrogens (tertiary/aromatic N) is 2. The van der Waals surface area contributed by atoms with E-state index in [9.17, 15) is 9.90 Å². The zero-order valence-electron chi connectivity index (χ0n) is 11.0. The van der Waals surface area contributed by atoms with Crippen LogP contribution in [-0.4, -0.2) is 20.9 Å². The molecule has 0 fully saturated rings. The lowest BCUT2D eigenvalue weighted by atomic mass is 9.94. The van der Waals surface area contributed by atoms with Gasteiger partial charge < -0.3 is 5.11 Å². The summed E-state index contributed by atoms with van der Waals surface area (Å²) in [6.45, 7) is 0. The topological polar surface area (TPSA) is 55.1 Å². The molecule has 1 atom stereocenters. The van der Waals surface area contributed by atoms with E-state index in [1.54, 1.807) is 10.9 Å². The minimum atomic E-state index is -0.729. The lowest BCUT2D eigenvalue weighted by Crippen LogP contribution is -2.17. The molecule has 0 aliphatic heterocycles. The van der Waals surface area contributed by atoms with E-state index < -0.39 is 5.97 Å². The Morgan fingerprint density at radius 1 is 1.32 bits per heavy atom. The van der Waals surface area contributed by atoms with Gasteiger partial charge in [0.15, 0.2) is 0 Å². The van der Waals surface area contributed by atoms with Crippen LogP contribution in [0.1, 0.15) is 17.5 Å². The van der Waals surface area contributed by atoms with Crippen molar-refractivity contribution in [1.82, 2.24) is 9.78 Å². The second-order valence-electron chi connectivity index (χ2n) is 4.79. The van der Waals surface area contributed by atoms with Gasteiger partial charge >= 0.3 is 5.97 Å². The molecular formula is C15H18N2O2. The van der Waals surface area contributed by atoms with E-state index in [-0.39, 0.29) is 5.92 Å². The predicted octanol–water partition coefficient (Wildman–Crippen LogP) is 2.30. The Balaban J connectivity index is 1.95. The minimum absolute atomic E-state index is 0.345. The van der Waals surface area contributed by atoms with Crippen LogP contribution in [0.3, 0.4) is 0 Å². The number of carboxylic acids is 1. The summed E-state index contributed by atoms with van der Waals surface area (Å²) in [5.41, 5.74) is 2.16. The van der Waals surface area contributed by atoms with Gasteiger partial charge in [0.05, 0.1) is 12.1 Å². The maximum atomic E-state index is 11.3. The Hall–Kier alpha value is -2.10.